The van der Waals surface area contributed by atoms with Gasteiger partial charge in [0.1, 0.15) is 24.7 Å². The van der Waals surface area contributed by atoms with Crippen LogP contribution in [0.3, 0.4) is 0 Å². The van der Waals surface area contributed by atoms with Gasteiger partial charge in [-0.2, -0.15) is 0 Å². The number of rotatable bonds is 10. The highest BCUT2D eigenvalue weighted by Gasteiger charge is 2.48. The van der Waals surface area contributed by atoms with Crippen LogP contribution in [0.5, 0.6) is 11.5 Å². The predicted molar refractivity (Wildman–Crippen MR) is 250 cm³/mol. The maximum absolute atomic E-state index is 9.83. The average Bonchev–Trinajstić information content (AvgIpc) is 3.61. The van der Waals surface area contributed by atoms with Crippen molar-refractivity contribution in [2.75, 3.05) is 26.4 Å². The SMILES string of the molecule is OCCOc1ccc(C2(c3ccc(OCCO)c4ccccc34)c3cc(-c4cccc5ccccc45)ccc3-c3ccc(-c4cccc5ccccc45)cc32)c2ccccc12. The van der Waals surface area contributed by atoms with E-state index in [1.165, 1.54) is 54.9 Å². The fourth-order valence-electron chi connectivity index (χ4n) is 10.1. The molecule has 10 aromatic carbocycles. The van der Waals surface area contributed by atoms with Gasteiger partial charge < -0.3 is 19.7 Å². The lowest BCUT2D eigenvalue weighted by atomic mass is 9.65. The van der Waals surface area contributed by atoms with Crippen LogP contribution in [0.15, 0.2) is 194 Å². The van der Waals surface area contributed by atoms with Crippen molar-refractivity contribution in [3.05, 3.63) is 216 Å². The Morgan fingerprint density at radius 1 is 0.328 bits per heavy atom. The van der Waals surface area contributed by atoms with E-state index >= 15 is 0 Å². The monoisotopic (exact) mass is 790 g/mol. The van der Waals surface area contributed by atoms with Crippen molar-refractivity contribution in [3.8, 4) is 44.9 Å². The third-order valence-corrected chi connectivity index (χ3v) is 12.6. The van der Waals surface area contributed by atoms with Gasteiger partial charge in [0.05, 0.1) is 18.6 Å². The Kier molecular flexibility index (Phi) is 9.11. The minimum absolute atomic E-state index is 0.0780. The molecule has 11 rings (SSSR count). The first-order chi connectivity index (χ1) is 30.2. The fourth-order valence-corrected chi connectivity index (χ4v) is 10.1. The van der Waals surface area contributed by atoms with E-state index in [0.717, 1.165) is 55.3 Å². The Balaban J connectivity index is 1.31. The van der Waals surface area contributed by atoms with E-state index in [4.69, 9.17) is 9.47 Å². The predicted octanol–water partition coefficient (Wildman–Crippen LogP) is 12.7. The van der Waals surface area contributed by atoms with Crippen LogP contribution in [0.1, 0.15) is 22.3 Å². The number of hydrogen-bond donors (Lipinski definition) is 2. The summed E-state index contributed by atoms with van der Waals surface area (Å²) in [6.07, 6.45) is 0. The number of hydrogen-bond acceptors (Lipinski definition) is 4. The van der Waals surface area contributed by atoms with Crippen molar-refractivity contribution in [1.82, 2.24) is 0 Å². The van der Waals surface area contributed by atoms with E-state index in [1.807, 2.05) is 0 Å². The molecular weight excluding hydrogens is 749 g/mol. The van der Waals surface area contributed by atoms with Gasteiger partial charge in [0, 0.05) is 10.8 Å². The minimum Gasteiger partial charge on any atom is -0.491 e. The normalized spacial score (nSPS) is 12.8. The lowest BCUT2D eigenvalue weighted by molar-refractivity contribution is 0.203. The van der Waals surface area contributed by atoms with E-state index in [1.54, 1.807) is 0 Å². The summed E-state index contributed by atoms with van der Waals surface area (Å²) in [5, 5.41) is 28.6. The number of benzene rings is 10. The molecular formula is C57H42O4. The molecule has 0 saturated heterocycles. The van der Waals surface area contributed by atoms with E-state index in [9.17, 15) is 10.2 Å². The zero-order chi connectivity index (χ0) is 40.9. The van der Waals surface area contributed by atoms with E-state index in [-0.39, 0.29) is 26.4 Å². The van der Waals surface area contributed by atoms with Crippen LogP contribution in [0.2, 0.25) is 0 Å². The van der Waals surface area contributed by atoms with Gasteiger partial charge in [0.25, 0.3) is 0 Å². The van der Waals surface area contributed by atoms with Gasteiger partial charge in [0.15, 0.2) is 0 Å². The van der Waals surface area contributed by atoms with Gasteiger partial charge in [-0.15, -0.1) is 0 Å². The first kappa shape index (κ1) is 36.8. The molecule has 0 aromatic heterocycles. The summed E-state index contributed by atoms with van der Waals surface area (Å²) in [5.41, 5.74) is 10.8. The van der Waals surface area contributed by atoms with E-state index in [2.05, 4.69) is 194 Å². The van der Waals surface area contributed by atoms with Gasteiger partial charge in [-0.1, -0.05) is 170 Å². The molecule has 1 aliphatic carbocycles. The lowest BCUT2D eigenvalue weighted by Gasteiger charge is -2.36. The smallest absolute Gasteiger partial charge is 0.127 e. The molecule has 0 saturated carbocycles. The summed E-state index contributed by atoms with van der Waals surface area (Å²) < 4.78 is 12.5. The summed E-state index contributed by atoms with van der Waals surface area (Å²) in [4.78, 5) is 0. The maximum Gasteiger partial charge on any atom is 0.127 e. The Bertz CT molecular complexity index is 3080. The number of aliphatic hydroxyl groups excluding tert-OH is 2. The van der Waals surface area contributed by atoms with Crippen LogP contribution in [-0.2, 0) is 5.41 Å². The van der Waals surface area contributed by atoms with Crippen molar-refractivity contribution in [2.45, 2.75) is 5.41 Å². The molecule has 0 amide bonds. The molecule has 0 radical (unpaired) electrons. The van der Waals surface area contributed by atoms with Gasteiger partial charge in [-0.3, -0.25) is 0 Å². The molecule has 10 aromatic rings. The third kappa shape index (κ3) is 5.83. The van der Waals surface area contributed by atoms with Gasteiger partial charge in [-0.25, -0.2) is 0 Å². The van der Waals surface area contributed by atoms with Crippen LogP contribution in [0, 0.1) is 0 Å². The highest BCUT2D eigenvalue weighted by Crippen LogP contribution is 2.60. The molecule has 294 valence electrons. The Morgan fingerprint density at radius 2 is 0.721 bits per heavy atom. The fraction of sp³-hybridized carbons (Fsp3) is 0.0877. The molecule has 2 N–H and O–H groups in total. The minimum atomic E-state index is -0.851. The quantitative estimate of drug-likeness (QED) is 0.145. The van der Waals surface area contributed by atoms with Crippen molar-refractivity contribution < 1.29 is 19.7 Å². The molecule has 0 fully saturated rings. The lowest BCUT2D eigenvalue weighted by Crippen LogP contribution is -2.29. The molecule has 1 aliphatic rings. The van der Waals surface area contributed by atoms with Crippen molar-refractivity contribution in [2.24, 2.45) is 0 Å². The molecule has 0 aliphatic heterocycles. The molecule has 0 unspecified atom stereocenters. The molecule has 4 heteroatoms. The van der Waals surface area contributed by atoms with Crippen LogP contribution in [0.25, 0.3) is 76.5 Å². The second-order valence-electron chi connectivity index (χ2n) is 15.8. The van der Waals surface area contributed by atoms with Crippen molar-refractivity contribution in [3.63, 3.8) is 0 Å². The van der Waals surface area contributed by atoms with Crippen LogP contribution < -0.4 is 9.47 Å². The molecule has 61 heavy (non-hydrogen) atoms. The number of aliphatic hydroxyl groups is 2. The van der Waals surface area contributed by atoms with Crippen molar-refractivity contribution in [1.29, 1.82) is 0 Å². The zero-order valence-corrected chi connectivity index (χ0v) is 33.5. The molecule has 0 bridgehead atoms. The van der Waals surface area contributed by atoms with E-state index < -0.39 is 5.41 Å². The molecule has 4 nitrogen and oxygen atoms in total. The number of ether oxygens (including phenoxy) is 2. The summed E-state index contributed by atoms with van der Waals surface area (Å²) in [6.45, 7) is 0.239. The summed E-state index contributed by atoms with van der Waals surface area (Å²) in [6, 6.07) is 70.1. The average molecular weight is 791 g/mol. The molecule has 0 atom stereocenters. The van der Waals surface area contributed by atoms with Crippen LogP contribution in [-0.4, -0.2) is 36.6 Å². The zero-order valence-electron chi connectivity index (χ0n) is 33.5. The first-order valence-corrected chi connectivity index (χ1v) is 21.0. The Morgan fingerprint density at radius 3 is 1.16 bits per heavy atom. The van der Waals surface area contributed by atoms with Crippen molar-refractivity contribution >= 4 is 43.1 Å². The van der Waals surface area contributed by atoms with Crippen LogP contribution in [0.4, 0.5) is 0 Å². The topological polar surface area (TPSA) is 58.9 Å². The number of fused-ring (bicyclic) bond motifs is 7. The summed E-state index contributed by atoms with van der Waals surface area (Å²) in [5.74, 6) is 1.46. The van der Waals surface area contributed by atoms with Gasteiger partial charge in [-0.05, 0) is 112 Å². The maximum atomic E-state index is 9.83. The van der Waals surface area contributed by atoms with E-state index in [0.29, 0.717) is 0 Å². The first-order valence-electron chi connectivity index (χ1n) is 21.0. The second-order valence-corrected chi connectivity index (χ2v) is 15.8. The highest BCUT2D eigenvalue weighted by molar-refractivity contribution is 6.04. The molecule has 0 heterocycles. The largest absolute Gasteiger partial charge is 0.491 e. The Hall–Kier alpha value is -7.24. The van der Waals surface area contributed by atoms with Gasteiger partial charge in [0.2, 0.25) is 0 Å². The van der Waals surface area contributed by atoms with Crippen LogP contribution >= 0.6 is 0 Å². The van der Waals surface area contributed by atoms with Gasteiger partial charge >= 0.3 is 0 Å². The third-order valence-electron chi connectivity index (χ3n) is 12.6. The summed E-state index contributed by atoms with van der Waals surface area (Å²) >= 11 is 0. The second kappa shape index (κ2) is 15.1. The standard InChI is InChI=1S/C57H42O4/c58-31-33-60-55-29-27-51(45-17-5-7-19-49(45)55)57(52-28-30-56(61-34-32-59)50-20-8-6-18-46(50)52)53-35-39(43-21-9-13-37-11-1-3-15-41(37)43)23-25-47(53)48-26-24-40(36-54(48)57)44-22-10-14-38-12-2-4-16-42(38)44/h1-30,35-36,58-59H,31-34H2. The molecule has 0 spiro atoms. The highest BCUT2D eigenvalue weighted by atomic mass is 16.5. The Labute approximate surface area is 354 Å². The summed E-state index contributed by atoms with van der Waals surface area (Å²) in [7, 11) is 0.